The summed E-state index contributed by atoms with van der Waals surface area (Å²) >= 11 is 0. The molecule has 1 amide bonds. The minimum absolute atomic E-state index is 0.0739. The molecular weight excluding hydrogens is 297 g/mol. The molecule has 0 unspecified atom stereocenters. The predicted molar refractivity (Wildman–Crippen MR) is 77.6 cm³/mol. The summed E-state index contributed by atoms with van der Waals surface area (Å²) in [5.41, 5.74) is 7.40. The minimum atomic E-state index is -4.37. The summed E-state index contributed by atoms with van der Waals surface area (Å²) < 4.78 is 41.6. The van der Waals surface area contributed by atoms with Gasteiger partial charge in [0.2, 0.25) is 5.91 Å². The van der Waals surface area contributed by atoms with E-state index in [9.17, 15) is 18.0 Å². The van der Waals surface area contributed by atoms with Gasteiger partial charge >= 0.3 is 6.18 Å². The van der Waals surface area contributed by atoms with Crippen LogP contribution in [0.15, 0.2) is 12.1 Å². The van der Waals surface area contributed by atoms with Gasteiger partial charge in [-0.25, -0.2) is 0 Å². The van der Waals surface area contributed by atoms with Crippen LogP contribution in [0.3, 0.4) is 0 Å². The van der Waals surface area contributed by atoms with Gasteiger partial charge in [-0.3, -0.25) is 4.79 Å². The number of ether oxygens (including phenoxy) is 1. The summed E-state index contributed by atoms with van der Waals surface area (Å²) in [5.74, 6) is 0.159. The highest BCUT2D eigenvalue weighted by Crippen LogP contribution is 2.27. The number of nitrogens with zero attached hydrogens (tertiary/aromatic N) is 1. The van der Waals surface area contributed by atoms with Crippen molar-refractivity contribution in [1.29, 1.82) is 0 Å². The number of nitrogens with two attached hydrogens (primary N) is 1. The van der Waals surface area contributed by atoms with E-state index < -0.39 is 12.8 Å². The number of halogens is 3. The van der Waals surface area contributed by atoms with E-state index >= 15 is 0 Å². The third kappa shape index (κ3) is 5.55. The number of amides is 1. The molecule has 7 heteroatoms. The van der Waals surface area contributed by atoms with E-state index in [1.54, 1.807) is 33.0 Å². The monoisotopic (exact) mass is 318 g/mol. The fourth-order valence-electron chi connectivity index (χ4n) is 2.19. The summed E-state index contributed by atoms with van der Waals surface area (Å²) in [4.78, 5) is 13.2. The van der Waals surface area contributed by atoms with Gasteiger partial charge in [0, 0.05) is 26.6 Å². The smallest absolute Gasteiger partial charge is 0.422 e. The summed E-state index contributed by atoms with van der Waals surface area (Å²) in [6.07, 6.45) is -4.10. The Morgan fingerprint density at radius 2 is 1.82 bits per heavy atom. The van der Waals surface area contributed by atoms with E-state index in [-0.39, 0.29) is 24.6 Å². The topological polar surface area (TPSA) is 55.6 Å². The number of aryl methyl sites for hydroxylation is 2. The lowest BCUT2D eigenvalue weighted by Gasteiger charge is -2.19. The molecule has 2 N–H and O–H groups in total. The maximum absolute atomic E-state index is 12.2. The lowest BCUT2D eigenvalue weighted by atomic mass is 10.1. The van der Waals surface area contributed by atoms with Crippen LogP contribution in [-0.4, -0.2) is 37.2 Å². The van der Waals surface area contributed by atoms with Crippen LogP contribution in [0.2, 0.25) is 0 Å². The highest BCUT2D eigenvalue weighted by molar-refractivity contribution is 5.76. The highest BCUT2D eigenvalue weighted by atomic mass is 19.4. The second-order valence-corrected chi connectivity index (χ2v) is 5.25. The van der Waals surface area contributed by atoms with Crippen LogP contribution < -0.4 is 10.5 Å². The Morgan fingerprint density at radius 3 is 2.27 bits per heavy atom. The molecule has 1 aromatic rings. The van der Waals surface area contributed by atoms with Crippen LogP contribution >= 0.6 is 0 Å². The number of rotatable bonds is 6. The molecule has 0 heterocycles. The Morgan fingerprint density at radius 1 is 1.27 bits per heavy atom. The molecule has 0 saturated heterocycles. The zero-order chi connectivity index (χ0) is 16.9. The Kier molecular flexibility index (Phi) is 6.22. The maximum atomic E-state index is 12.2. The molecule has 0 atom stereocenters. The molecule has 124 valence electrons. The first-order chi connectivity index (χ1) is 10.1. The normalized spacial score (nSPS) is 11.4. The molecular formula is C15H21F3N2O2. The van der Waals surface area contributed by atoms with Gasteiger partial charge in [0.1, 0.15) is 5.75 Å². The molecule has 1 rings (SSSR count). The van der Waals surface area contributed by atoms with E-state index in [0.29, 0.717) is 17.7 Å². The number of carbonyl (C=O) groups is 1. The van der Waals surface area contributed by atoms with E-state index in [0.717, 1.165) is 5.56 Å². The van der Waals surface area contributed by atoms with Crippen molar-refractivity contribution in [2.45, 2.75) is 33.0 Å². The first-order valence-electron chi connectivity index (χ1n) is 6.87. The van der Waals surface area contributed by atoms with Gasteiger partial charge < -0.3 is 15.4 Å². The summed E-state index contributed by atoms with van der Waals surface area (Å²) in [5, 5.41) is 0. The Labute approximate surface area is 128 Å². The van der Waals surface area contributed by atoms with Crippen LogP contribution in [0, 0.1) is 13.8 Å². The fraction of sp³-hybridized carbons (Fsp3) is 0.533. The first kappa shape index (κ1) is 18.3. The number of hydrogen-bond acceptors (Lipinski definition) is 3. The van der Waals surface area contributed by atoms with Gasteiger partial charge in [0.25, 0.3) is 0 Å². The zero-order valence-corrected chi connectivity index (χ0v) is 13.0. The molecule has 0 aliphatic carbocycles. The molecule has 0 spiro atoms. The van der Waals surface area contributed by atoms with Crippen molar-refractivity contribution in [1.82, 2.24) is 4.90 Å². The molecule has 0 aliphatic rings. The third-order valence-corrected chi connectivity index (χ3v) is 3.10. The van der Waals surface area contributed by atoms with Crippen molar-refractivity contribution < 1.29 is 22.7 Å². The van der Waals surface area contributed by atoms with Crippen molar-refractivity contribution in [2.75, 3.05) is 20.2 Å². The van der Waals surface area contributed by atoms with Crippen molar-refractivity contribution in [3.05, 3.63) is 28.8 Å². The van der Waals surface area contributed by atoms with Crippen molar-refractivity contribution in [3.63, 3.8) is 0 Å². The van der Waals surface area contributed by atoms with Crippen LogP contribution in [0.25, 0.3) is 0 Å². The molecule has 0 aromatic heterocycles. The quantitative estimate of drug-likeness (QED) is 0.877. The van der Waals surface area contributed by atoms with Crippen LogP contribution in [0.1, 0.15) is 23.1 Å². The lowest BCUT2D eigenvalue weighted by molar-refractivity contribution is -0.153. The van der Waals surface area contributed by atoms with Gasteiger partial charge in [-0.05, 0) is 30.5 Å². The maximum Gasteiger partial charge on any atom is 0.422 e. The second kappa shape index (κ2) is 7.49. The van der Waals surface area contributed by atoms with Crippen molar-refractivity contribution in [2.24, 2.45) is 5.73 Å². The summed E-state index contributed by atoms with van der Waals surface area (Å²) in [7, 11) is 1.66. The zero-order valence-electron chi connectivity index (χ0n) is 13.0. The second-order valence-electron chi connectivity index (χ2n) is 5.25. The Balaban J connectivity index is 2.83. The van der Waals surface area contributed by atoms with Gasteiger partial charge in [0.05, 0.1) is 0 Å². The molecule has 0 bridgehead atoms. The lowest BCUT2D eigenvalue weighted by Crippen LogP contribution is -2.28. The average Bonchev–Trinajstić information content (AvgIpc) is 2.36. The predicted octanol–water partition coefficient (Wildman–Crippen LogP) is 2.55. The van der Waals surface area contributed by atoms with Crippen LogP contribution in [0.4, 0.5) is 13.2 Å². The van der Waals surface area contributed by atoms with Crippen LogP contribution in [-0.2, 0) is 11.3 Å². The molecule has 22 heavy (non-hydrogen) atoms. The fourth-order valence-corrected chi connectivity index (χ4v) is 2.19. The van der Waals surface area contributed by atoms with E-state index in [4.69, 9.17) is 10.5 Å². The molecule has 1 aromatic carbocycles. The van der Waals surface area contributed by atoms with Gasteiger partial charge in [-0.1, -0.05) is 12.1 Å². The summed E-state index contributed by atoms with van der Waals surface area (Å²) in [6, 6.07) is 3.45. The third-order valence-electron chi connectivity index (χ3n) is 3.10. The van der Waals surface area contributed by atoms with Crippen molar-refractivity contribution >= 4 is 5.91 Å². The molecule has 4 nitrogen and oxygen atoms in total. The number of carbonyl (C=O) groups excluding carboxylic acids is 1. The first-order valence-corrected chi connectivity index (χ1v) is 6.87. The van der Waals surface area contributed by atoms with E-state index in [1.165, 1.54) is 4.90 Å². The molecule has 0 aliphatic heterocycles. The van der Waals surface area contributed by atoms with Crippen LogP contribution in [0.5, 0.6) is 5.75 Å². The van der Waals surface area contributed by atoms with E-state index in [1.807, 2.05) is 0 Å². The number of hydrogen-bond donors (Lipinski definition) is 1. The average molecular weight is 318 g/mol. The van der Waals surface area contributed by atoms with E-state index in [2.05, 4.69) is 0 Å². The Bertz CT molecular complexity index is 507. The van der Waals surface area contributed by atoms with Crippen molar-refractivity contribution in [3.8, 4) is 5.75 Å². The SMILES string of the molecule is Cc1cc(CN(C)C(=O)CCN)cc(C)c1OCC(F)(F)F. The molecule has 0 fully saturated rings. The summed E-state index contributed by atoms with van der Waals surface area (Å²) in [6.45, 7) is 2.71. The largest absolute Gasteiger partial charge is 0.484 e. The van der Waals surface area contributed by atoms with Gasteiger partial charge in [0.15, 0.2) is 6.61 Å². The standard InChI is InChI=1S/C15H21F3N2O2/c1-10-6-12(8-20(3)13(21)4-5-19)7-11(2)14(10)22-9-15(16,17)18/h6-7H,4-5,8-9,19H2,1-3H3. The number of benzene rings is 1. The molecule has 0 radical (unpaired) electrons. The highest BCUT2D eigenvalue weighted by Gasteiger charge is 2.29. The van der Waals surface area contributed by atoms with Gasteiger partial charge in [-0.2, -0.15) is 13.2 Å². The Hall–Kier alpha value is -1.76. The van der Waals surface area contributed by atoms with Gasteiger partial charge in [-0.15, -0.1) is 0 Å². The number of alkyl halides is 3. The minimum Gasteiger partial charge on any atom is -0.484 e. The molecule has 0 saturated carbocycles.